The minimum atomic E-state index is -0.420. The smallest absolute Gasteiger partial charge is 0.305 e. The van der Waals surface area contributed by atoms with Gasteiger partial charge in [0.05, 0.1) is 26.3 Å². The number of ketones is 1. The molecule has 0 radical (unpaired) electrons. The molecule has 1 N–H and O–H groups in total. The van der Waals surface area contributed by atoms with E-state index in [1.165, 1.54) is 26.4 Å². The summed E-state index contributed by atoms with van der Waals surface area (Å²) in [5.41, 5.74) is 0.465. The van der Waals surface area contributed by atoms with Crippen molar-refractivity contribution in [1.82, 2.24) is 4.98 Å². The highest BCUT2D eigenvalue weighted by Gasteiger charge is 2.13. The van der Waals surface area contributed by atoms with Gasteiger partial charge in [0.15, 0.2) is 5.78 Å². The summed E-state index contributed by atoms with van der Waals surface area (Å²) in [5, 5.41) is 9.70. The molecule has 1 rings (SSSR count). The SMILES string of the molecule is COC(=O)CCCC(=O)c1ccc(O)c(CCC(=O)OC)n1. The third-order valence-electron chi connectivity index (χ3n) is 3.04. The Bertz CT molecular complexity index is 555. The predicted molar refractivity (Wildman–Crippen MR) is 76.4 cm³/mol. The average molecular weight is 309 g/mol. The van der Waals surface area contributed by atoms with Gasteiger partial charge in [0.1, 0.15) is 11.4 Å². The standard InChI is InChI=1S/C15H19NO6/c1-21-14(19)5-3-4-12(17)10-6-8-13(18)11(16-10)7-9-15(20)22-2/h6,8,18H,3-5,7,9H2,1-2H3. The summed E-state index contributed by atoms with van der Waals surface area (Å²) < 4.78 is 9.01. The van der Waals surface area contributed by atoms with Crippen molar-refractivity contribution in [3.8, 4) is 5.75 Å². The molecule has 0 spiro atoms. The number of Topliss-reactive ketones (excluding diaryl/α,β-unsaturated/α-hetero) is 1. The van der Waals surface area contributed by atoms with Crippen molar-refractivity contribution in [2.24, 2.45) is 0 Å². The van der Waals surface area contributed by atoms with Crippen LogP contribution in [0.15, 0.2) is 12.1 Å². The second-order valence-corrected chi connectivity index (χ2v) is 4.59. The summed E-state index contributed by atoms with van der Waals surface area (Å²) in [6.45, 7) is 0. The molecule has 1 aromatic rings. The fraction of sp³-hybridized carbons (Fsp3) is 0.467. The van der Waals surface area contributed by atoms with Crippen molar-refractivity contribution in [3.05, 3.63) is 23.5 Å². The van der Waals surface area contributed by atoms with Crippen molar-refractivity contribution in [3.63, 3.8) is 0 Å². The normalized spacial score (nSPS) is 10.1. The van der Waals surface area contributed by atoms with Crippen molar-refractivity contribution in [2.75, 3.05) is 14.2 Å². The number of carbonyl (C=O) groups excluding carboxylic acids is 3. The largest absolute Gasteiger partial charge is 0.506 e. The lowest BCUT2D eigenvalue weighted by molar-refractivity contribution is -0.141. The van der Waals surface area contributed by atoms with Gasteiger partial charge in [-0.2, -0.15) is 0 Å². The van der Waals surface area contributed by atoms with E-state index >= 15 is 0 Å². The van der Waals surface area contributed by atoms with E-state index in [-0.39, 0.29) is 54.6 Å². The molecule has 7 nitrogen and oxygen atoms in total. The molecular weight excluding hydrogens is 290 g/mol. The molecule has 1 heterocycles. The number of ether oxygens (including phenoxy) is 2. The summed E-state index contributed by atoms with van der Waals surface area (Å²) in [4.78, 5) is 38.1. The molecular formula is C15H19NO6. The number of hydrogen-bond acceptors (Lipinski definition) is 7. The fourth-order valence-corrected chi connectivity index (χ4v) is 1.78. The van der Waals surface area contributed by atoms with Gasteiger partial charge in [0.25, 0.3) is 0 Å². The minimum Gasteiger partial charge on any atom is -0.506 e. The van der Waals surface area contributed by atoms with Gasteiger partial charge in [-0.3, -0.25) is 14.4 Å². The molecule has 120 valence electrons. The zero-order chi connectivity index (χ0) is 16.5. The molecule has 1 aromatic heterocycles. The Labute approximate surface area is 128 Å². The minimum absolute atomic E-state index is 0.0665. The van der Waals surface area contributed by atoms with Gasteiger partial charge in [-0.1, -0.05) is 0 Å². The van der Waals surface area contributed by atoms with E-state index in [0.717, 1.165) is 0 Å². The van der Waals surface area contributed by atoms with E-state index in [9.17, 15) is 19.5 Å². The lowest BCUT2D eigenvalue weighted by atomic mass is 10.1. The van der Waals surface area contributed by atoms with Crippen molar-refractivity contribution >= 4 is 17.7 Å². The van der Waals surface area contributed by atoms with Gasteiger partial charge in [-0.15, -0.1) is 0 Å². The first-order chi connectivity index (χ1) is 10.5. The number of methoxy groups -OCH3 is 2. The van der Waals surface area contributed by atoms with Crippen LogP contribution in [-0.2, 0) is 25.5 Å². The van der Waals surface area contributed by atoms with Crippen LogP contribution in [0, 0.1) is 0 Å². The number of rotatable bonds is 8. The van der Waals surface area contributed by atoms with Crippen LogP contribution in [0.5, 0.6) is 5.75 Å². The molecule has 0 aliphatic heterocycles. The Morgan fingerprint density at radius 3 is 2.32 bits per heavy atom. The molecule has 22 heavy (non-hydrogen) atoms. The van der Waals surface area contributed by atoms with E-state index in [0.29, 0.717) is 6.42 Å². The van der Waals surface area contributed by atoms with Crippen molar-refractivity contribution in [2.45, 2.75) is 32.1 Å². The maximum Gasteiger partial charge on any atom is 0.305 e. The Morgan fingerprint density at radius 2 is 1.68 bits per heavy atom. The van der Waals surface area contributed by atoms with Gasteiger partial charge in [-0.05, 0) is 18.6 Å². The monoisotopic (exact) mass is 309 g/mol. The van der Waals surface area contributed by atoms with Crippen LogP contribution in [0.3, 0.4) is 0 Å². The van der Waals surface area contributed by atoms with E-state index in [2.05, 4.69) is 14.5 Å². The topological polar surface area (TPSA) is 103 Å². The van der Waals surface area contributed by atoms with Crippen LogP contribution in [-0.4, -0.2) is 42.0 Å². The Kier molecular flexibility index (Phi) is 7.01. The third kappa shape index (κ3) is 5.51. The number of esters is 2. The number of pyridine rings is 1. The quantitative estimate of drug-likeness (QED) is 0.572. The number of carbonyl (C=O) groups is 3. The van der Waals surface area contributed by atoms with Crippen LogP contribution >= 0.6 is 0 Å². The molecule has 0 aliphatic rings. The van der Waals surface area contributed by atoms with Crippen LogP contribution < -0.4 is 0 Å². The molecule has 0 saturated heterocycles. The second-order valence-electron chi connectivity index (χ2n) is 4.59. The second kappa shape index (κ2) is 8.76. The molecule has 0 aromatic carbocycles. The summed E-state index contributed by atoms with van der Waals surface area (Å²) in [6, 6.07) is 2.78. The van der Waals surface area contributed by atoms with E-state index in [4.69, 9.17) is 0 Å². The highest BCUT2D eigenvalue weighted by atomic mass is 16.5. The van der Waals surface area contributed by atoms with Crippen LogP contribution in [0.25, 0.3) is 0 Å². The zero-order valence-electron chi connectivity index (χ0n) is 12.6. The predicted octanol–water partition coefficient (Wildman–Crippen LogP) is 1.42. The van der Waals surface area contributed by atoms with Crippen molar-refractivity contribution in [1.29, 1.82) is 0 Å². The summed E-state index contributed by atoms with van der Waals surface area (Å²) >= 11 is 0. The number of aromatic nitrogens is 1. The van der Waals surface area contributed by atoms with Gasteiger partial charge >= 0.3 is 11.9 Å². The maximum atomic E-state index is 12.0. The number of nitrogens with zero attached hydrogens (tertiary/aromatic N) is 1. The van der Waals surface area contributed by atoms with E-state index < -0.39 is 5.97 Å². The highest BCUT2D eigenvalue weighted by molar-refractivity contribution is 5.94. The Morgan fingerprint density at radius 1 is 1.05 bits per heavy atom. The first kappa shape index (κ1) is 17.6. The first-order valence-electron chi connectivity index (χ1n) is 6.83. The third-order valence-corrected chi connectivity index (χ3v) is 3.04. The molecule has 0 atom stereocenters. The van der Waals surface area contributed by atoms with E-state index in [1.54, 1.807) is 0 Å². The number of hydrogen-bond donors (Lipinski definition) is 1. The molecule has 0 bridgehead atoms. The number of aryl methyl sites for hydroxylation is 1. The average Bonchev–Trinajstić information content (AvgIpc) is 2.53. The zero-order valence-corrected chi connectivity index (χ0v) is 12.6. The Balaban J connectivity index is 2.65. The molecule has 0 saturated carbocycles. The first-order valence-corrected chi connectivity index (χ1v) is 6.83. The lowest BCUT2D eigenvalue weighted by Crippen LogP contribution is -2.08. The molecule has 0 amide bonds. The van der Waals surface area contributed by atoms with Gasteiger partial charge in [-0.25, -0.2) is 4.98 Å². The summed E-state index contributed by atoms with van der Waals surface area (Å²) in [7, 11) is 2.57. The van der Waals surface area contributed by atoms with Gasteiger partial charge in [0.2, 0.25) is 0 Å². The van der Waals surface area contributed by atoms with Crippen molar-refractivity contribution < 1.29 is 29.0 Å². The van der Waals surface area contributed by atoms with Gasteiger partial charge < -0.3 is 14.6 Å². The van der Waals surface area contributed by atoms with Crippen LogP contribution in [0.4, 0.5) is 0 Å². The highest BCUT2D eigenvalue weighted by Crippen LogP contribution is 2.18. The molecule has 7 heteroatoms. The molecule has 0 aliphatic carbocycles. The summed E-state index contributed by atoms with van der Waals surface area (Å²) in [6.07, 6.45) is 0.934. The number of aromatic hydroxyl groups is 1. The fourth-order valence-electron chi connectivity index (χ4n) is 1.78. The van der Waals surface area contributed by atoms with Crippen LogP contribution in [0.1, 0.15) is 41.9 Å². The van der Waals surface area contributed by atoms with E-state index in [1.807, 2.05) is 0 Å². The molecule has 0 unspecified atom stereocenters. The maximum absolute atomic E-state index is 12.0. The Hall–Kier alpha value is -2.44. The summed E-state index contributed by atoms with van der Waals surface area (Å²) in [5.74, 6) is -1.10. The molecule has 0 fully saturated rings. The lowest BCUT2D eigenvalue weighted by Gasteiger charge is -2.06. The van der Waals surface area contributed by atoms with Crippen LogP contribution in [0.2, 0.25) is 0 Å². The van der Waals surface area contributed by atoms with Gasteiger partial charge in [0, 0.05) is 19.3 Å².